The smallest absolute Gasteiger partial charge is 0.302 e. The molecule has 0 aromatic carbocycles. The lowest BCUT2D eigenvalue weighted by Crippen LogP contribution is -2.51. The monoisotopic (exact) mass is 400 g/mol. The van der Waals surface area contributed by atoms with Gasteiger partial charge in [0.1, 0.15) is 11.9 Å². The number of ether oxygens (including phenoxy) is 1. The van der Waals surface area contributed by atoms with Gasteiger partial charge in [-0.05, 0) is 73.0 Å². The predicted molar refractivity (Wildman–Crippen MR) is 115 cm³/mol. The molecule has 0 N–H and O–H groups in total. The van der Waals surface area contributed by atoms with Gasteiger partial charge in [0.25, 0.3) is 0 Å². The quantitative estimate of drug-likeness (QED) is 0.422. The van der Waals surface area contributed by atoms with Crippen molar-refractivity contribution in [3.8, 4) is 0 Å². The highest BCUT2D eigenvalue weighted by Gasteiger charge is 2.61. The van der Waals surface area contributed by atoms with Crippen LogP contribution >= 0.6 is 0 Å². The molecule has 0 saturated heterocycles. The van der Waals surface area contributed by atoms with E-state index in [0.29, 0.717) is 24.0 Å². The van der Waals surface area contributed by atoms with Gasteiger partial charge in [-0.3, -0.25) is 9.59 Å². The van der Waals surface area contributed by atoms with E-state index in [4.69, 9.17) is 4.74 Å². The van der Waals surface area contributed by atoms with Crippen LogP contribution in [0.4, 0.5) is 0 Å². The fourth-order valence-electron chi connectivity index (χ4n) is 8.39. The van der Waals surface area contributed by atoms with Crippen molar-refractivity contribution in [3.05, 3.63) is 11.6 Å². The van der Waals surface area contributed by atoms with Crippen LogP contribution in [-0.4, -0.2) is 17.9 Å². The summed E-state index contributed by atoms with van der Waals surface area (Å²) < 4.78 is 5.57. The summed E-state index contributed by atoms with van der Waals surface area (Å²) in [7, 11) is 0. The number of hydrogen-bond acceptors (Lipinski definition) is 3. The van der Waals surface area contributed by atoms with Crippen LogP contribution in [0.2, 0.25) is 0 Å². The van der Waals surface area contributed by atoms with Gasteiger partial charge in [-0.1, -0.05) is 45.8 Å². The van der Waals surface area contributed by atoms with Crippen LogP contribution in [0.25, 0.3) is 0 Å². The maximum Gasteiger partial charge on any atom is 0.302 e. The lowest BCUT2D eigenvalue weighted by molar-refractivity contribution is -0.149. The lowest BCUT2D eigenvalue weighted by atomic mass is 9.47. The van der Waals surface area contributed by atoms with Crippen molar-refractivity contribution in [2.24, 2.45) is 40.4 Å². The number of ketones is 1. The van der Waals surface area contributed by atoms with Crippen molar-refractivity contribution in [1.82, 2.24) is 0 Å². The van der Waals surface area contributed by atoms with E-state index in [-0.39, 0.29) is 28.8 Å². The molecule has 0 aromatic rings. The highest BCUT2D eigenvalue weighted by atomic mass is 16.5. The summed E-state index contributed by atoms with van der Waals surface area (Å²) in [5.41, 5.74) is 2.01. The van der Waals surface area contributed by atoms with Crippen LogP contribution in [0.3, 0.4) is 0 Å². The largest absolute Gasteiger partial charge is 0.462 e. The van der Waals surface area contributed by atoms with Gasteiger partial charge >= 0.3 is 5.97 Å². The first-order valence-electron chi connectivity index (χ1n) is 12.1. The predicted octanol–water partition coefficient (Wildman–Crippen LogP) is 6.11. The highest BCUT2D eigenvalue weighted by Crippen LogP contribution is 2.67. The maximum atomic E-state index is 13.0. The van der Waals surface area contributed by atoms with Crippen LogP contribution in [-0.2, 0) is 14.3 Å². The molecule has 0 aromatic heterocycles. The molecule has 0 bridgehead atoms. The summed E-state index contributed by atoms with van der Waals surface area (Å²) in [6.45, 7) is 10.8. The summed E-state index contributed by atoms with van der Waals surface area (Å²) in [6, 6.07) is 0. The van der Waals surface area contributed by atoms with Crippen molar-refractivity contribution in [1.29, 1.82) is 0 Å². The van der Waals surface area contributed by atoms with E-state index in [1.807, 2.05) is 0 Å². The Kier molecular flexibility index (Phi) is 5.49. The molecule has 0 aliphatic heterocycles. The summed E-state index contributed by atoms with van der Waals surface area (Å²) in [5, 5.41) is 0. The molecule has 0 radical (unpaired) electrons. The third-order valence-electron chi connectivity index (χ3n) is 9.79. The maximum absolute atomic E-state index is 13.0. The van der Waals surface area contributed by atoms with Crippen molar-refractivity contribution in [2.75, 3.05) is 0 Å². The Bertz CT molecular complexity index is 709. The second kappa shape index (κ2) is 7.54. The zero-order valence-electron chi connectivity index (χ0n) is 19.1. The molecule has 3 fully saturated rings. The van der Waals surface area contributed by atoms with Gasteiger partial charge in [0, 0.05) is 25.7 Å². The minimum Gasteiger partial charge on any atom is -0.462 e. The van der Waals surface area contributed by atoms with Gasteiger partial charge in [-0.15, -0.1) is 0 Å². The second-order valence-corrected chi connectivity index (χ2v) is 11.0. The van der Waals surface area contributed by atoms with Crippen LogP contribution in [0.5, 0.6) is 0 Å². The molecule has 3 heteroatoms. The third kappa shape index (κ3) is 3.22. The zero-order chi connectivity index (χ0) is 21.0. The number of hydrogen-bond donors (Lipinski definition) is 0. The molecule has 4 rings (SSSR count). The van der Waals surface area contributed by atoms with Gasteiger partial charge in [0.15, 0.2) is 0 Å². The van der Waals surface area contributed by atoms with Crippen molar-refractivity contribution in [2.45, 2.75) is 98.5 Å². The van der Waals surface area contributed by atoms with E-state index < -0.39 is 0 Å². The number of esters is 1. The fraction of sp³-hybridized carbons (Fsp3) is 0.846. The SMILES string of the molecule is CCC(=O)C1[C@H](CC)CC2C3CC=C4CC(OC(C)=O)CCC4(C)C3CC[C@]21C. The van der Waals surface area contributed by atoms with Gasteiger partial charge in [0.05, 0.1) is 0 Å². The minimum absolute atomic E-state index is 0.0692. The first kappa shape index (κ1) is 21.1. The van der Waals surface area contributed by atoms with E-state index in [0.717, 1.165) is 43.9 Å². The van der Waals surface area contributed by atoms with E-state index in [2.05, 4.69) is 33.8 Å². The number of fused-ring (bicyclic) bond motifs is 5. The molecule has 29 heavy (non-hydrogen) atoms. The second-order valence-electron chi connectivity index (χ2n) is 11.0. The molecule has 0 amide bonds. The van der Waals surface area contributed by atoms with Crippen LogP contribution in [0, 0.1) is 40.4 Å². The Hall–Kier alpha value is -1.12. The lowest BCUT2D eigenvalue weighted by Gasteiger charge is -2.58. The molecule has 162 valence electrons. The summed E-state index contributed by atoms with van der Waals surface area (Å²) in [5.74, 6) is 3.36. The number of carbonyl (C=O) groups excluding carboxylic acids is 2. The molecular formula is C26H40O3. The fourth-order valence-corrected chi connectivity index (χ4v) is 8.39. The third-order valence-corrected chi connectivity index (χ3v) is 9.79. The number of rotatable bonds is 4. The van der Waals surface area contributed by atoms with Gasteiger partial charge in [-0.2, -0.15) is 0 Å². The van der Waals surface area contributed by atoms with Crippen LogP contribution in [0.1, 0.15) is 92.4 Å². The zero-order valence-corrected chi connectivity index (χ0v) is 19.1. The highest BCUT2D eigenvalue weighted by molar-refractivity contribution is 5.82. The molecule has 8 atom stereocenters. The summed E-state index contributed by atoms with van der Waals surface area (Å²) >= 11 is 0. The normalized spacial score (nSPS) is 46.2. The Morgan fingerprint density at radius 1 is 1.14 bits per heavy atom. The van der Waals surface area contributed by atoms with Gasteiger partial charge in [0.2, 0.25) is 0 Å². The Morgan fingerprint density at radius 2 is 1.90 bits per heavy atom. The molecule has 4 aliphatic rings. The Morgan fingerprint density at radius 3 is 2.55 bits per heavy atom. The number of allylic oxidation sites excluding steroid dienone is 1. The standard InChI is InChI=1S/C26H40O3/c1-6-17-14-22-20-9-8-18-15-19(29-16(3)27)10-12-25(18,4)21(20)11-13-26(22,5)24(17)23(28)7-2/h8,17,19-22,24H,6-7,9-15H2,1-5H3/t17-,19?,20?,21?,22?,24?,25?,26-/m1/s1. The summed E-state index contributed by atoms with van der Waals surface area (Å²) in [4.78, 5) is 24.4. The topological polar surface area (TPSA) is 43.4 Å². The molecule has 4 aliphatic carbocycles. The minimum atomic E-state index is -0.149. The van der Waals surface area contributed by atoms with E-state index in [1.54, 1.807) is 5.57 Å². The molecule has 0 heterocycles. The van der Waals surface area contributed by atoms with E-state index in [1.165, 1.54) is 26.2 Å². The number of Topliss-reactive ketones (excluding diaryl/α,β-unsaturated/α-hetero) is 1. The van der Waals surface area contributed by atoms with Crippen LogP contribution < -0.4 is 0 Å². The van der Waals surface area contributed by atoms with Crippen molar-refractivity contribution >= 4 is 11.8 Å². The first-order chi connectivity index (χ1) is 13.7. The Balaban J connectivity index is 1.61. The Labute approximate surface area is 177 Å². The summed E-state index contributed by atoms with van der Waals surface area (Å²) in [6.07, 6.45) is 12.3. The molecule has 3 saturated carbocycles. The van der Waals surface area contributed by atoms with E-state index >= 15 is 0 Å². The van der Waals surface area contributed by atoms with Crippen molar-refractivity contribution < 1.29 is 14.3 Å². The van der Waals surface area contributed by atoms with Gasteiger partial charge < -0.3 is 4.74 Å². The number of carbonyl (C=O) groups is 2. The molecule has 0 spiro atoms. The molecular weight excluding hydrogens is 360 g/mol. The van der Waals surface area contributed by atoms with E-state index in [9.17, 15) is 9.59 Å². The average molecular weight is 401 g/mol. The molecule has 6 unspecified atom stereocenters. The van der Waals surface area contributed by atoms with Crippen molar-refractivity contribution in [3.63, 3.8) is 0 Å². The van der Waals surface area contributed by atoms with Gasteiger partial charge in [-0.25, -0.2) is 0 Å². The van der Waals surface area contributed by atoms with Crippen LogP contribution in [0.15, 0.2) is 11.6 Å². The first-order valence-corrected chi connectivity index (χ1v) is 12.1. The average Bonchev–Trinajstić information content (AvgIpc) is 2.99. The molecule has 3 nitrogen and oxygen atoms in total.